The molecule has 0 aliphatic heterocycles. The Morgan fingerprint density at radius 1 is 1.16 bits per heavy atom. The van der Waals surface area contributed by atoms with Crippen molar-refractivity contribution >= 4 is 0 Å². The maximum atomic E-state index is 10.4. The number of rotatable bonds is 4. The second-order valence-electron chi connectivity index (χ2n) is 5.56. The molecule has 1 aliphatic rings. The Kier molecular flexibility index (Phi) is 4.83. The third kappa shape index (κ3) is 3.28. The molecule has 0 spiro atoms. The van der Waals surface area contributed by atoms with Gasteiger partial charge in [0.1, 0.15) is 11.9 Å². The van der Waals surface area contributed by atoms with Gasteiger partial charge in [-0.15, -0.1) is 0 Å². The van der Waals surface area contributed by atoms with E-state index in [-0.39, 0.29) is 5.92 Å². The average molecular weight is 264 g/mol. The number of aryl methyl sites for hydroxylation is 1. The maximum Gasteiger partial charge on any atom is 0.119 e. The van der Waals surface area contributed by atoms with Crippen LogP contribution in [0, 0.1) is 12.8 Å². The van der Waals surface area contributed by atoms with E-state index >= 15 is 0 Å². The molecule has 1 aromatic carbocycles. The first-order valence-electron chi connectivity index (χ1n) is 7.14. The Morgan fingerprint density at radius 3 is 2.42 bits per heavy atom. The van der Waals surface area contributed by atoms with Gasteiger partial charge in [-0.25, -0.2) is 0 Å². The molecule has 1 aliphatic carbocycles. The molecule has 0 amide bonds. The van der Waals surface area contributed by atoms with Crippen molar-refractivity contribution in [1.82, 2.24) is 0 Å². The third-order valence-electron chi connectivity index (χ3n) is 4.25. The molecule has 2 rings (SSSR count). The van der Waals surface area contributed by atoms with Gasteiger partial charge in [-0.2, -0.15) is 0 Å². The monoisotopic (exact) mass is 264 g/mol. The van der Waals surface area contributed by atoms with Gasteiger partial charge in [0.25, 0.3) is 0 Å². The van der Waals surface area contributed by atoms with Crippen molar-refractivity contribution in [2.24, 2.45) is 5.92 Å². The fourth-order valence-corrected chi connectivity index (χ4v) is 3.02. The average Bonchev–Trinajstić information content (AvgIpc) is 2.46. The van der Waals surface area contributed by atoms with Crippen molar-refractivity contribution in [3.8, 4) is 5.75 Å². The SMILES string of the molecule is COc1ccc(C(O)C(O)C2CCCCC2)c(C)c1. The van der Waals surface area contributed by atoms with Gasteiger partial charge < -0.3 is 14.9 Å². The third-order valence-corrected chi connectivity index (χ3v) is 4.25. The topological polar surface area (TPSA) is 49.7 Å². The van der Waals surface area contributed by atoms with E-state index in [4.69, 9.17) is 4.74 Å². The largest absolute Gasteiger partial charge is 0.497 e. The van der Waals surface area contributed by atoms with Crippen LogP contribution in [0.5, 0.6) is 5.75 Å². The van der Waals surface area contributed by atoms with Gasteiger partial charge in [-0.05, 0) is 48.9 Å². The molecule has 0 aromatic heterocycles. The van der Waals surface area contributed by atoms with E-state index in [1.165, 1.54) is 6.42 Å². The van der Waals surface area contributed by atoms with Crippen LogP contribution in [-0.2, 0) is 0 Å². The zero-order valence-corrected chi connectivity index (χ0v) is 11.8. The first-order valence-corrected chi connectivity index (χ1v) is 7.14. The summed E-state index contributed by atoms with van der Waals surface area (Å²) in [5, 5.41) is 20.8. The Balaban J connectivity index is 2.11. The molecule has 0 heterocycles. The lowest BCUT2D eigenvalue weighted by atomic mass is 9.81. The van der Waals surface area contributed by atoms with Crippen molar-refractivity contribution in [2.45, 2.75) is 51.2 Å². The molecule has 2 atom stereocenters. The summed E-state index contributed by atoms with van der Waals surface area (Å²) in [7, 11) is 1.63. The first kappa shape index (κ1) is 14.4. The van der Waals surface area contributed by atoms with Gasteiger partial charge in [0.05, 0.1) is 13.2 Å². The molecule has 1 aromatic rings. The van der Waals surface area contributed by atoms with Gasteiger partial charge in [-0.1, -0.05) is 25.3 Å². The summed E-state index contributed by atoms with van der Waals surface area (Å²) < 4.78 is 5.16. The second-order valence-corrected chi connectivity index (χ2v) is 5.56. The van der Waals surface area contributed by atoms with Crippen LogP contribution in [0.4, 0.5) is 0 Å². The van der Waals surface area contributed by atoms with Crippen molar-refractivity contribution < 1.29 is 14.9 Å². The van der Waals surface area contributed by atoms with Gasteiger partial charge in [0, 0.05) is 0 Å². The number of aliphatic hydroxyl groups excluding tert-OH is 2. The van der Waals surface area contributed by atoms with Gasteiger partial charge >= 0.3 is 0 Å². The normalized spacial score (nSPS) is 20.0. The number of hydrogen-bond acceptors (Lipinski definition) is 3. The number of ether oxygens (including phenoxy) is 1. The molecule has 1 fully saturated rings. The Bertz CT molecular complexity index is 410. The molecule has 19 heavy (non-hydrogen) atoms. The standard InChI is InChI=1S/C16H24O3/c1-11-10-13(19-2)8-9-14(11)16(18)15(17)12-6-4-3-5-7-12/h8-10,12,15-18H,3-7H2,1-2H3. The van der Waals surface area contributed by atoms with Crippen molar-refractivity contribution in [3.05, 3.63) is 29.3 Å². The molecule has 0 saturated heterocycles. The van der Waals surface area contributed by atoms with E-state index in [0.717, 1.165) is 42.6 Å². The summed E-state index contributed by atoms with van der Waals surface area (Å²) >= 11 is 0. The van der Waals surface area contributed by atoms with E-state index in [0.29, 0.717) is 0 Å². The van der Waals surface area contributed by atoms with E-state index in [1.807, 2.05) is 25.1 Å². The van der Waals surface area contributed by atoms with Crippen molar-refractivity contribution in [1.29, 1.82) is 0 Å². The van der Waals surface area contributed by atoms with E-state index in [1.54, 1.807) is 7.11 Å². The fraction of sp³-hybridized carbons (Fsp3) is 0.625. The molecular weight excluding hydrogens is 240 g/mol. The van der Waals surface area contributed by atoms with Crippen molar-refractivity contribution in [3.63, 3.8) is 0 Å². The fourth-order valence-electron chi connectivity index (χ4n) is 3.02. The molecule has 3 nitrogen and oxygen atoms in total. The van der Waals surface area contributed by atoms with Crippen LogP contribution >= 0.6 is 0 Å². The molecule has 0 radical (unpaired) electrons. The summed E-state index contributed by atoms with van der Waals surface area (Å²) in [6.07, 6.45) is 4.16. The number of hydrogen-bond donors (Lipinski definition) is 2. The van der Waals surface area contributed by atoms with Crippen LogP contribution in [0.2, 0.25) is 0 Å². The molecule has 1 saturated carbocycles. The Morgan fingerprint density at radius 2 is 1.84 bits per heavy atom. The predicted octanol–water partition coefficient (Wildman–Crippen LogP) is 2.98. The number of aliphatic hydroxyl groups is 2. The molecular formula is C16H24O3. The second kappa shape index (κ2) is 6.40. The highest BCUT2D eigenvalue weighted by atomic mass is 16.5. The van der Waals surface area contributed by atoms with Crippen molar-refractivity contribution in [2.75, 3.05) is 7.11 Å². The van der Waals surface area contributed by atoms with Gasteiger partial charge in [0.15, 0.2) is 0 Å². The smallest absolute Gasteiger partial charge is 0.119 e. The summed E-state index contributed by atoms with van der Waals surface area (Å²) in [5.74, 6) is 1.01. The molecule has 0 bridgehead atoms. The summed E-state index contributed by atoms with van der Waals surface area (Å²) in [6.45, 7) is 1.94. The highest BCUT2D eigenvalue weighted by molar-refractivity contribution is 5.36. The summed E-state index contributed by atoms with van der Waals surface area (Å²) in [5.41, 5.74) is 1.76. The summed E-state index contributed by atoms with van der Waals surface area (Å²) in [4.78, 5) is 0. The van der Waals surface area contributed by atoms with Crippen LogP contribution in [0.1, 0.15) is 49.3 Å². The first-order chi connectivity index (χ1) is 9.13. The lowest BCUT2D eigenvalue weighted by molar-refractivity contribution is -0.0288. The summed E-state index contributed by atoms with van der Waals surface area (Å²) in [6, 6.07) is 5.58. The zero-order valence-electron chi connectivity index (χ0n) is 11.8. The van der Waals surface area contributed by atoms with Crippen LogP contribution in [0.25, 0.3) is 0 Å². The molecule has 3 heteroatoms. The Labute approximate surface area is 115 Å². The van der Waals surface area contributed by atoms with Gasteiger partial charge in [-0.3, -0.25) is 0 Å². The Hall–Kier alpha value is -1.06. The lowest BCUT2D eigenvalue weighted by Gasteiger charge is -2.30. The van der Waals surface area contributed by atoms with Crippen LogP contribution in [-0.4, -0.2) is 23.4 Å². The molecule has 2 unspecified atom stereocenters. The lowest BCUT2D eigenvalue weighted by Crippen LogP contribution is -2.29. The zero-order chi connectivity index (χ0) is 13.8. The molecule has 2 N–H and O–H groups in total. The maximum absolute atomic E-state index is 10.4. The minimum absolute atomic E-state index is 0.227. The minimum Gasteiger partial charge on any atom is -0.497 e. The van der Waals surface area contributed by atoms with Crippen LogP contribution in [0.3, 0.4) is 0 Å². The number of methoxy groups -OCH3 is 1. The van der Waals surface area contributed by atoms with E-state index in [9.17, 15) is 10.2 Å². The van der Waals surface area contributed by atoms with Crippen LogP contribution in [0.15, 0.2) is 18.2 Å². The molecule has 106 valence electrons. The predicted molar refractivity (Wildman–Crippen MR) is 75.3 cm³/mol. The minimum atomic E-state index is -0.797. The van der Waals surface area contributed by atoms with E-state index in [2.05, 4.69) is 0 Å². The quantitative estimate of drug-likeness (QED) is 0.879. The number of benzene rings is 1. The van der Waals surface area contributed by atoms with Gasteiger partial charge in [0.2, 0.25) is 0 Å². The van der Waals surface area contributed by atoms with Crippen LogP contribution < -0.4 is 4.74 Å². The highest BCUT2D eigenvalue weighted by Crippen LogP contribution is 2.33. The highest BCUT2D eigenvalue weighted by Gasteiger charge is 2.29. The van der Waals surface area contributed by atoms with E-state index < -0.39 is 12.2 Å².